The molecule has 1 saturated carbocycles. The Morgan fingerprint density at radius 3 is 2.29 bits per heavy atom. The second-order valence-corrected chi connectivity index (χ2v) is 7.42. The summed E-state index contributed by atoms with van der Waals surface area (Å²) in [7, 11) is -3.79. The van der Waals surface area contributed by atoms with Gasteiger partial charge in [-0.2, -0.15) is 0 Å². The predicted molar refractivity (Wildman–Crippen MR) is 77.3 cm³/mol. The third-order valence-corrected chi connectivity index (χ3v) is 6.18. The Labute approximate surface area is 125 Å². The number of hydrogen-bond donors (Lipinski definition) is 0. The van der Waals surface area contributed by atoms with E-state index >= 15 is 0 Å². The predicted octanol–water partition coefficient (Wildman–Crippen LogP) is 1.25. The maximum absolute atomic E-state index is 12.5. The first-order chi connectivity index (χ1) is 9.76. The van der Waals surface area contributed by atoms with Gasteiger partial charge in [0.1, 0.15) is 0 Å². The number of carbonyl (C=O) groups is 2. The van der Waals surface area contributed by atoms with Crippen LogP contribution in [0.5, 0.6) is 0 Å². The van der Waals surface area contributed by atoms with Crippen LogP contribution < -0.4 is 0 Å². The van der Waals surface area contributed by atoms with Crippen LogP contribution in [0.1, 0.15) is 33.6 Å². The Kier molecular flexibility index (Phi) is 5.55. The van der Waals surface area contributed by atoms with E-state index in [1.54, 1.807) is 13.8 Å². The van der Waals surface area contributed by atoms with E-state index in [2.05, 4.69) is 6.58 Å². The fraction of sp³-hybridized carbons (Fsp3) is 0.714. The summed E-state index contributed by atoms with van der Waals surface area (Å²) in [6, 6.07) is 0. The zero-order valence-corrected chi connectivity index (χ0v) is 13.5. The van der Waals surface area contributed by atoms with Crippen molar-refractivity contribution in [1.29, 1.82) is 0 Å². The number of rotatable bonds is 6. The Bertz CT molecular complexity index is 536. The molecule has 0 aromatic rings. The molecule has 1 rings (SSSR count). The van der Waals surface area contributed by atoms with Crippen molar-refractivity contribution in [2.75, 3.05) is 19.0 Å². The Hall–Kier alpha value is -1.37. The summed E-state index contributed by atoms with van der Waals surface area (Å²) in [5.74, 6) is -2.25. The summed E-state index contributed by atoms with van der Waals surface area (Å²) in [5, 5.41) is 0. The Morgan fingerprint density at radius 1 is 1.24 bits per heavy atom. The molecule has 0 spiro atoms. The van der Waals surface area contributed by atoms with Crippen LogP contribution in [0.2, 0.25) is 0 Å². The number of hydrogen-bond acceptors (Lipinski definition) is 6. The van der Waals surface area contributed by atoms with Gasteiger partial charge in [-0.3, -0.25) is 4.79 Å². The van der Waals surface area contributed by atoms with Crippen molar-refractivity contribution in [2.24, 2.45) is 5.92 Å². The van der Waals surface area contributed by atoms with Gasteiger partial charge >= 0.3 is 11.9 Å². The van der Waals surface area contributed by atoms with Crippen molar-refractivity contribution in [3.63, 3.8) is 0 Å². The first kappa shape index (κ1) is 17.7. The van der Waals surface area contributed by atoms with E-state index in [0.29, 0.717) is 0 Å². The molecule has 0 N–H and O–H groups in total. The van der Waals surface area contributed by atoms with Crippen LogP contribution in [0.3, 0.4) is 0 Å². The van der Waals surface area contributed by atoms with Gasteiger partial charge in [0.25, 0.3) is 0 Å². The molecule has 21 heavy (non-hydrogen) atoms. The molecule has 2 atom stereocenters. The topological polar surface area (TPSA) is 86.7 Å². The minimum absolute atomic E-state index is 0.0666. The molecule has 0 aromatic heterocycles. The maximum Gasteiger partial charge on any atom is 0.331 e. The Morgan fingerprint density at radius 2 is 1.81 bits per heavy atom. The molecule has 0 heterocycles. The zero-order chi connectivity index (χ0) is 16.3. The highest BCUT2D eigenvalue weighted by atomic mass is 32.2. The highest BCUT2D eigenvalue weighted by Crippen LogP contribution is 2.45. The summed E-state index contributed by atoms with van der Waals surface area (Å²) >= 11 is 0. The van der Waals surface area contributed by atoms with E-state index < -0.39 is 32.4 Å². The molecule has 0 aliphatic heterocycles. The molecular formula is C14H22O6S. The summed E-state index contributed by atoms with van der Waals surface area (Å²) in [6.07, 6.45) is -0.0312. The largest absolute Gasteiger partial charge is 0.466 e. The fourth-order valence-corrected chi connectivity index (χ4v) is 4.43. The van der Waals surface area contributed by atoms with Crippen molar-refractivity contribution < 1.29 is 27.5 Å². The van der Waals surface area contributed by atoms with Gasteiger partial charge in [-0.15, -0.1) is 0 Å². The van der Waals surface area contributed by atoms with E-state index in [-0.39, 0.29) is 37.4 Å². The van der Waals surface area contributed by atoms with Crippen molar-refractivity contribution in [2.45, 2.75) is 38.4 Å². The van der Waals surface area contributed by atoms with Crippen molar-refractivity contribution in [1.82, 2.24) is 0 Å². The summed E-state index contributed by atoms with van der Waals surface area (Å²) in [5.41, 5.74) is 0.209. The number of carbonyl (C=O) groups excluding carboxylic acids is 2. The molecule has 0 radical (unpaired) electrons. The molecule has 0 amide bonds. The standard InChI is InChI=1S/C14H22O6S/c1-5-19-12(15)11-8-10(4)14(9-11,13(16)20-6-2)21(17,18)7-3/h11H,4-9H2,1-3H3/t11-,14-/m1/s1. The van der Waals surface area contributed by atoms with E-state index in [1.165, 1.54) is 6.92 Å². The van der Waals surface area contributed by atoms with Gasteiger partial charge in [0, 0.05) is 5.75 Å². The molecule has 0 bridgehead atoms. The SMILES string of the molecule is C=C1C[C@@H](C(=O)OCC)C[C@@]1(C(=O)OCC)S(=O)(=O)CC. The van der Waals surface area contributed by atoms with Gasteiger partial charge in [0.15, 0.2) is 14.6 Å². The number of esters is 2. The molecule has 1 aliphatic carbocycles. The minimum Gasteiger partial charge on any atom is -0.466 e. The van der Waals surface area contributed by atoms with Crippen LogP contribution in [-0.4, -0.2) is 44.1 Å². The number of sulfone groups is 1. The van der Waals surface area contributed by atoms with Gasteiger partial charge in [-0.25, -0.2) is 13.2 Å². The lowest BCUT2D eigenvalue weighted by atomic mass is 10.0. The van der Waals surface area contributed by atoms with Gasteiger partial charge in [-0.1, -0.05) is 13.5 Å². The van der Waals surface area contributed by atoms with Crippen molar-refractivity contribution in [3.8, 4) is 0 Å². The van der Waals surface area contributed by atoms with E-state index in [1.807, 2.05) is 0 Å². The molecule has 0 unspecified atom stereocenters. The van der Waals surface area contributed by atoms with Gasteiger partial charge in [0.05, 0.1) is 19.1 Å². The van der Waals surface area contributed by atoms with Gasteiger partial charge in [-0.05, 0) is 32.3 Å². The summed E-state index contributed by atoms with van der Waals surface area (Å²) in [4.78, 5) is 24.2. The van der Waals surface area contributed by atoms with Crippen LogP contribution in [0.15, 0.2) is 12.2 Å². The first-order valence-corrected chi connectivity index (χ1v) is 8.66. The Balaban J connectivity index is 3.24. The second kappa shape index (κ2) is 6.60. The lowest BCUT2D eigenvalue weighted by Crippen LogP contribution is -2.48. The lowest BCUT2D eigenvalue weighted by molar-refractivity contribution is -0.148. The molecule has 6 nitrogen and oxygen atoms in total. The van der Waals surface area contributed by atoms with Crippen molar-refractivity contribution in [3.05, 3.63) is 12.2 Å². The minimum atomic E-state index is -3.79. The third-order valence-electron chi connectivity index (χ3n) is 3.73. The quantitative estimate of drug-likeness (QED) is 0.541. The monoisotopic (exact) mass is 318 g/mol. The summed E-state index contributed by atoms with van der Waals surface area (Å²) < 4.78 is 33.0. The maximum atomic E-state index is 12.5. The lowest BCUT2D eigenvalue weighted by Gasteiger charge is -2.27. The normalized spacial score (nSPS) is 25.7. The second-order valence-electron chi connectivity index (χ2n) is 4.91. The van der Waals surface area contributed by atoms with Crippen LogP contribution >= 0.6 is 0 Å². The highest BCUT2D eigenvalue weighted by Gasteiger charge is 2.59. The average Bonchev–Trinajstić information content (AvgIpc) is 2.79. The van der Waals surface area contributed by atoms with Crippen LogP contribution in [0.4, 0.5) is 0 Å². The van der Waals surface area contributed by atoms with E-state index in [4.69, 9.17) is 9.47 Å². The van der Waals surface area contributed by atoms with Crippen molar-refractivity contribution >= 4 is 21.8 Å². The molecular weight excluding hydrogens is 296 g/mol. The van der Waals surface area contributed by atoms with Crippen LogP contribution in [0, 0.1) is 5.92 Å². The molecule has 1 fully saturated rings. The van der Waals surface area contributed by atoms with Gasteiger partial charge < -0.3 is 9.47 Å². The highest BCUT2D eigenvalue weighted by molar-refractivity contribution is 7.93. The van der Waals surface area contributed by atoms with Crippen LogP contribution in [0.25, 0.3) is 0 Å². The van der Waals surface area contributed by atoms with E-state index in [0.717, 1.165) is 0 Å². The zero-order valence-electron chi connectivity index (χ0n) is 12.7. The van der Waals surface area contributed by atoms with Gasteiger partial charge in [0.2, 0.25) is 0 Å². The average molecular weight is 318 g/mol. The molecule has 0 aromatic carbocycles. The fourth-order valence-electron chi connectivity index (χ4n) is 2.65. The molecule has 120 valence electrons. The first-order valence-electron chi connectivity index (χ1n) is 7.01. The van der Waals surface area contributed by atoms with E-state index in [9.17, 15) is 18.0 Å². The molecule has 1 aliphatic rings. The smallest absolute Gasteiger partial charge is 0.331 e. The summed E-state index contributed by atoms with van der Waals surface area (Å²) in [6.45, 7) is 8.73. The molecule has 0 saturated heterocycles. The molecule has 7 heteroatoms. The third kappa shape index (κ3) is 2.97. The number of ether oxygens (including phenoxy) is 2. The van der Waals surface area contributed by atoms with Crippen LogP contribution in [-0.2, 0) is 28.9 Å².